The van der Waals surface area contributed by atoms with E-state index in [1.54, 1.807) is 42.5 Å². The molecule has 0 fully saturated rings. The Morgan fingerprint density at radius 1 is 1.22 bits per heavy atom. The van der Waals surface area contributed by atoms with Gasteiger partial charge < -0.3 is 14.8 Å². The van der Waals surface area contributed by atoms with Crippen LogP contribution in [0.1, 0.15) is 5.56 Å². The van der Waals surface area contributed by atoms with Crippen LogP contribution in [0, 0.1) is 6.92 Å². The van der Waals surface area contributed by atoms with Crippen LogP contribution in [-0.2, 0) is 4.79 Å². The van der Waals surface area contributed by atoms with Gasteiger partial charge in [0.15, 0.2) is 6.61 Å². The minimum absolute atomic E-state index is 0.0845. The van der Waals surface area contributed by atoms with Gasteiger partial charge in [-0.15, -0.1) is 0 Å². The Balaban J connectivity index is 1.89. The van der Waals surface area contributed by atoms with E-state index in [9.17, 15) is 4.79 Å². The summed E-state index contributed by atoms with van der Waals surface area (Å²) in [6, 6.07) is 12.4. The second kappa shape index (κ2) is 8.25. The molecule has 5 heteroatoms. The normalized spacial score (nSPS) is 10.0. The predicted molar refractivity (Wildman–Crippen MR) is 92.4 cm³/mol. The number of halogens is 1. The molecule has 0 saturated carbocycles. The summed E-state index contributed by atoms with van der Waals surface area (Å²) in [6.07, 6.45) is 1.66. The fourth-order valence-corrected chi connectivity index (χ4v) is 1.99. The Bertz CT molecular complexity index is 700. The van der Waals surface area contributed by atoms with Gasteiger partial charge in [-0.1, -0.05) is 30.3 Å². The van der Waals surface area contributed by atoms with Crippen molar-refractivity contribution < 1.29 is 14.3 Å². The summed E-state index contributed by atoms with van der Waals surface area (Å²) < 4.78 is 10.9. The van der Waals surface area contributed by atoms with E-state index in [0.717, 1.165) is 5.56 Å². The number of aryl methyl sites for hydroxylation is 1. The van der Waals surface area contributed by atoms with Crippen molar-refractivity contribution >= 4 is 23.2 Å². The molecule has 0 spiro atoms. The maximum Gasteiger partial charge on any atom is 0.262 e. The van der Waals surface area contributed by atoms with Gasteiger partial charge in [-0.2, -0.15) is 0 Å². The number of benzene rings is 2. The number of anilines is 1. The average Bonchev–Trinajstić information content (AvgIpc) is 2.54. The Morgan fingerprint density at radius 3 is 2.74 bits per heavy atom. The molecular formula is C18H18ClNO3. The fourth-order valence-electron chi connectivity index (χ4n) is 1.87. The lowest BCUT2D eigenvalue weighted by Crippen LogP contribution is -2.20. The first-order chi connectivity index (χ1) is 11.1. The third kappa shape index (κ3) is 5.34. The Kier molecular flexibility index (Phi) is 6.06. The smallest absolute Gasteiger partial charge is 0.262 e. The molecule has 2 rings (SSSR count). The Morgan fingerprint density at radius 2 is 2.00 bits per heavy atom. The topological polar surface area (TPSA) is 47.6 Å². The zero-order valence-corrected chi connectivity index (χ0v) is 13.6. The molecule has 1 amide bonds. The van der Waals surface area contributed by atoms with Crippen molar-refractivity contribution in [2.24, 2.45) is 0 Å². The number of nitrogens with one attached hydrogen (secondary N) is 1. The third-order valence-corrected chi connectivity index (χ3v) is 3.41. The number of hydrogen-bond donors (Lipinski definition) is 1. The number of amides is 1. The van der Waals surface area contributed by atoms with E-state index >= 15 is 0 Å². The summed E-state index contributed by atoms with van der Waals surface area (Å²) in [5.74, 6) is 1.01. The molecule has 0 radical (unpaired) electrons. The second-order valence-electron chi connectivity index (χ2n) is 4.88. The van der Waals surface area contributed by atoms with Gasteiger partial charge in [0.1, 0.15) is 18.1 Å². The third-order valence-electron chi connectivity index (χ3n) is 2.98. The largest absolute Gasteiger partial charge is 0.489 e. The van der Waals surface area contributed by atoms with Crippen LogP contribution >= 0.6 is 11.6 Å². The van der Waals surface area contributed by atoms with E-state index in [0.29, 0.717) is 28.8 Å². The lowest BCUT2D eigenvalue weighted by molar-refractivity contribution is -0.118. The van der Waals surface area contributed by atoms with Crippen molar-refractivity contribution in [2.45, 2.75) is 6.92 Å². The van der Waals surface area contributed by atoms with Gasteiger partial charge in [-0.25, -0.2) is 0 Å². The molecule has 0 bridgehead atoms. The fraction of sp³-hybridized carbons (Fsp3) is 0.167. The molecule has 0 aromatic heterocycles. The molecule has 0 unspecified atom stereocenters. The van der Waals surface area contributed by atoms with Crippen LogP contribution in [0.2, 0.25) is 5.02 Å². The van der Waals surface area contributed by atoms with E-state index in [2.05, 4.69) is 11.9 Å². The second-order valence-corrected chi connectivity index (χ2v) is 5.28. The van der Waals surface area contributed by atoms with Gasteiger partial charge in [0.05, 0.1) is 0 Å². The summed E-state index contributed by atoms with van der Waals surface area (Å²) in [5, 5.41) is 3.42. The van der Waals surface area contributed by atoms with Crippen LogP contribution in [0.5, 0.6) is 11.5 Å². The predicted octanol–water partition coefficient (Wildman–Crippen LogP) is 4.23. The van der Waals surface area contributed by atoms with E-state index < -0.39 is 0 Å². The molecule has 1 N–H and O–H groups in total. The minimum atomic E-state index is -0.251. The highest BCUT2D eigenvalue weighted by Crippen LogP contribution is 2.21. The maximum atomic E-state index is 11.9. The van der Waals surface area contributed by atoms with Crippen LogP contribution in [0.4, 0.5) is 5.69 Å². The molecule has 0 aliphatic heterocycles. The highest BCUT2D eigenvalue weighted by Gasteiger charge is 2.06. The molecule has 2 aromatic rings. The monoisotopic (exact) mass is 331 g/mol. The van der Waals surface area contributed by atoms with Crippen molar-refractivity contribution in [3.8, 4) is 11.5 Å². The molecule has 4 nitrogen and oxygen atoms in total. The summed E-state index contributed by atoms with van der Waals surface area (Å²) in [4.78, 5) is 11.9. The van der Waals surface area contributed by atoms with Crippen LogP contribution in [0.3, 0.4) is 0 Å². The van der Waals surface area contributed by atoms with E-state index in [1.165, 1.54) is 0 Å². The summed E-state index contributed by atoms with van der Waals surface area (Å²) in [7, 11) is 0. The zero-order valence-electron chi connectivity index (χ0n) is 12.8. The van der Waals surface area contributed by atoms with Crippen molar-refractivity contribution in [1.82, 2.24) is 0 Å². The first kappa shape index (κ1) is 16.9. The molecule has 0 aliphatic rings. The summed E-state index contributed by atoms with van der Waals surface area (Å²) in [5.41, 5.74) is 1.55. The van der Waals surface area contributed by atoms with Gasteiger partial charge in [-0.05, 0) is 42.8 Å². The quantitative estimate of drug-likeness (QED) is 0.772. The molecule has 0 heterocycles. The van der Waals surface area contributed by atoms with Gasteiger partial charge in [0.25, 0.3) is 5.91 Å². The molecule has 0 saturated heterocycles. The minimum Gasteiger partial charge on any atom is -0.489 e. The SMILES string of the molecule is C=CCOc1cccc(NC(=O)COc2ccc(Cl)c(C)c2)c1. The first-order valence-corrected chi connectivity index (χ1v) is 7.49. The molecule has 2 aromatic carbocycles. The first-order valence-electron chi connectivity index (χ1n) is 7.11. The number of ether oxygens (including phenoxy) is 2. The molecule has 0 atom stereocenters. The number of hydrogen-bond acceptors (Lipinski definition) is 3. The van der Waals surface area contributed by atoms with E-state index in [4.69, 9.17) is 21.1 Å². The highest BCUT2D eigenvalue weighted by atomic mass is 35.5. The van der Waals surface area contributed by atoms with Crippen LogP contribution in [0.15, 0.2) is 55.1 Å². The molecule has 0 aliphatic carbocycles. The Hall–Kier alpha value is -2.46. The molecule has 120 valence electrons. The maximum absolute atomic E-state index is 11.9. The van der Waals surface area contributed by atoms with Gasteiger partial charge in [0.2, 0.25) is 0 Å². The highest BCUT2D eigenvalue weighted by molar-refractivity contribution is 6.31. The standard InChI is InChI=1S/C18H18ClNO3/c1-3-9-22-15-6-4-5-14(11-15)20-18(21)12-23-16-7-8-17(19)13(2)10-16/h3-8,10-11H,1,9,12H2,2H3,(H,20,21). The van der Waals surface area contributed by atoms with Crippen molar-refractivity contribution in [3.63, 3.8) is 0 Å². The number of rotatable bonds is 7. The van der Waals surface area contributed by atoms with Crippen LogP contribution < -0.4 is 14.8 Å². The number of carbonyl (C=O) groups excluding carboxylic acids is 1. The average molecular weight is 332 g/mol. The van der Waals surface area contributed by atoms with E-state index in [-0.39, 0.29) is 12.5 Å². The van der Waals surface area contributed by atoms with Crippen molar-refractivity contribution in [2.75, 3.05) is 18.5 Å². The lowest BCUT2D eigenvalue weighted by atomic mass is 10.2. The van der Waals surface area contributed by atoms with Crippen molar-refractivity contribution in [1.29, 1.82) is 0 Å². The van der Waals surface area contributed by atoms with Gasteiger partial charge in [0, 0.05) is 16.8 Å². The summed E-state index contributed by atoms with van der Waals surface area (Å²) in [6.45, 7) is 5.80. The van der Waals surface area contributed by atoms with E-state index in [1.807, 2.05) is 13.0 Å². The number of carbonyl (C=O) groups is 1. The van der Waals surface area contributed by atoms with Crippen LogP contribution in [0.25, 0.3) is 0 Å². The Labute approximate surface area is 140 Å². The van der Waals surface area contributed by atoms with Crippen LogP contribution in [-0.4, -0.2) is 19.1 Å². The molecule has 23 heavy (non-hydrogen) atoms. The lowest BCUT2D eigenvalue weighted by Gasteiger charge is -2.10. The van der Waals surface area contributed by atoms with Gasteiger partial charge >= 0.3 is 0 Å². The van der Waals surface area contributed by atoms with Crippen molar-refractivity contribution in [3.05, 3.63) is 65.7 Å². The summed E-state index contributed by atoms with van der Waals surface area (Å²) >= 11 is 5.95. The van der Waals surface area contributed by atoms with Gasteiger partial charge in [-0.3, -0.25) is 4.79 Å². The molecular weight excluding hydrogens is 314 g/mol. The zero-order chi connectivity index (χ0) is 16.7.